The zero-order valence-electron chi connectivity index (χ0n) is 12.4. The van der Waals surface area contributed by atoms with Crippen LogP contribution in [0.2, 0.25) is 0 Å². The van der Waals surface area contributed by atoms with Gasteiger partial charge in [0, 0.05) is 6.42 Å². The molecule has 0 bridgehead atoms. The van der Waals surface area contributed by atoms with E-state index in [0.717, 1.165) is 18.8 Å². The first kappa shape index (κ1) is 13.2. The average Bonchev–Trinajstić information content (AvgIpc) is 2.84. The molecule has 0 saturated heterocycles. The molecule has 2 nitrogen and oxygen atoms in total. The minimum Gasteiger partial charge on any atom is -0.493 e. The Kier molecular flexibility index (Phi) is 3.27. The lowest BCUT2D eigenvalue weighted by Gasteiger charge is -2.19. The molecule has 1 heterocycles. The number of aryl methyl sites for hydroxylation is 3. The van der Waals surface area contributed by atoms with Gasteiger partial charge in [-0.25, -0.2) is 0 Å². The van der Waals surface area contributed by atoms with Crippen molar-refractivity contribution < 1.29 is 4.74 Å². The van der Waals surface area contributed by atoms with Gasteiger partial charge in [0.2, 0.25) is 0 Å². The van der Waals surface area contributed by atoms with Crippen LogP contribution in [0.1, 0.15) is 39.4 Å². The summed E-state index contributed by atoms with van der Waals surface area (Å²) < 4.78 is 5.56. The quantitative estimate of drug-likeness (QED) is 0.902. The summed E-state index contributed by atoms with van der Waals surface area (Å²) in [7, 11) is 0. The van der Waals surface area contributed by atoms with E-state index in [1.165, 1.54) is 33.4 Å². The predicted octanol–water partition coefficient (Wildman–Crippen LogP) is 3.59. The van der Waals surface area contributed by atoms with E-state index in [1.54, 1.807) is 0 Å². The molecule has 0 amide bonds. The van der Waals surface area contributed by atoms with Gasteiger partial charge in [-0.2, -0.15) is 0 Å². The Morgan fingerprint density at radius 3 is 2.45 bits per heavy atom. The summed E-state index contributed by atoms with van der Waals surface area (Å²) in [6.07, 6.45) is 0.988. The number of nitrogens with two attached hydrogens (primary N) is 1. The Morgan fingerprint density at radius 1 is 1.05 bits per heavy atom. The van der Waals surface area contributed by atoms with Gasteiger partial charge in [-0.05, 0) is 54.7 Å². The lowest BCUT2D eigenvalue weighted by molar-refractivity contribution is 0.357. The van der Waals surface area contributed by atoms with Gasteiger partial charge < -0.3 is 10.5 Å². The molecule has 2 heteroatoms. The first-order valence-corrected chi connectivity index (χ1v) is 7.15. The maximum Gasteiger partial charge on any atom is 0.122 e. The van der Waals surface area contributed by atoms with Crippen molar-refractivity contribution in [2.75, 3.05) is 6.61 Å². The molecule has 2 aromatic carbocycles. The summed E-state index contributed by atoms with van der Waals surface area (Å²) >= 11 is 0. The minimum atomic E-state index is -0.0681. The van der Waals surface area contributed by atoms with Gasteiger partial charge in [0.1, 0.15) is 5.75 Å². The van der Waals surface area contributed by atoms with Crippen molar-refractivity contribution in [3.8, 4) is 5.75 Å². The van der Waals surface area contributed by atoms with Crippen molar-refractivity contribution in [1.29, 1.82) is 0 Å². The fourth-order valence-electron chi connectivity index (χ4n) is 3.25. The van der Waals surface area contributed by atoms with Gasteiger partial charge in [0.25, 0.3) is 0 Å². The number of hydrogen-bond acceptors (Lipinski definition) is 2. The van der Waals surface area contributed by atoms with E-state index in [4.69, 9.17) is 10.5 Å². The van der Waals surface area contributed by atoms with Crippen LogP contribution >= 0.6 is 0 Å². The molecule has 3 rings (SSSR count). The highest BCUT2D eigenvalue weighted by Crippen LogP contribution is 2.32. The standard InChI is InChI=1S/C18H21NO/c1-11-8-12(2)17(13(3)9-11)18(19)15-4-5-16-14(10-15)6-7-20-16/h4-5,8-10,18H,6-7,19H2,1-3H3. The summed E-state index contributed by atoms with van der Waals surface area (Å²) in [4.78, 5) is 0. The molecule has 1 atom stereocenters. The number of ether oxygens (including phenoxy) is 1. The zero-order chi connectivity index (χ0) is 14.3. The summed E-state index contributed by atoms with van der Waals surface area (Å²) in [6, 6.07) is 10.7. The van der Waals surface area contributed by atoms with Crippen LogP contribution in [-0.4, -0.2) is 6.61 Å². The van der Waals surface area contributed by atoms with Crippen LogP contribution < -0.4 is 10.5 Å². The second-order valence-corrected chi connectivity index (χ2v) is 5.76. The lowest BCUT2D eigenvalue weighted by atomic mass is 9.90. The summed E-state index contributed by atoms with van der Waals surface area (Å²) in [5.74, 6) is 1.01. The Bertz CT molecular complexity index is 637. The highest BCUT2D eigenvalue weighted by molar-refractivity contribution is 5.47. The Balaban J connectivity index is 2.03. The fourth-order valence-corrected chi connectivity index (χ4v) is 3.25. The average molecular weight is 267 g/mol. The molecule has 0 aromatic heterocycles. The Labute approximate surface area is 120 Å². The molecule has 1 aliphatic heterocycles. The van der Waals surface area contributed by atoms with Crippen LogP contribution in [0.4, 0.5) is 0 Å². The van der Waals surface area contributed by atoms with Crippen molar-refractivity contribution in [2.45, 2.75) is 33.2 Å². The molecular weight excluding hydrogens is 246 g/mol. The van der Waals surface area contributed by atoms with E-state index >= 15 is 0 Å². The smallest absolute Gasteiger partial charge is 0.122 e. The first-order valence-electron chi connectivity index (χ1n) is 7.15. The van der Waals surface area contributed by atoms with Gasteiger partial charge in [-0.1, -0.05) is 29.8 Å². The molecule has 0 spiro atoms. The highest BCUT2D eigenvalue weighted by Gasteiger charge is 2.18. The van der Waals surface area contributed by atoms with Crippen molar-refractivity contribution in [2.24, 2.45) is 5.73 Å². The molecule has 0 aliphatic carbocycles. The second kappa shape index (κ2) is 4.95. The maximum atomic E-state index is 6.52. The third-order valence-electron chi connectivity index (χ3n) is 4.12. The van der Waals surface area contributed by atoms with Crippen LogP contribution in [0.3, 0.4) is 0 Å². The van der Waals surface area contributed by atoms with Gasteiger partial charge in [-0.15, -0.1) is 0 Å². The molecule has 20 heavy (non-hydrogen) atoms. The third-order valence-corrected chi connectivity index (χ3v) is 4.12. The summed E-state index contributed by atoms with van der Waals surface area (Å²) in [6.45, 7) is 7.20. The molecular formula is C18H21NO. The van der Waals surface area contributed by atoms with Gasteiger partial charge in [0.05, 0.1) is 12.6 Å². The van der Waals surface area contributed by atoms with Gasteiger partial charge >= 0.3 is 0 Å². The predicted molar refractivity (Wildman–Crippen MR) is 82.3 cm³/mol. The van der Waals surface area contributed by atoms with E-state index < -0.39 is 0 Å². The molecule has 2 aromatic rings. The number of hydrogen-bond donors (Lipinski definition) is 1. The second-order valence-electron chi connectivity index (χ2n) is 5.76. The van der Waals surface area contributed by atoms with Gasteiger partial charge in [0.15, 0.2) is 0 Å². The van der Waals surface area contributed by atoms with Crippen molar-refractivity contribution in [3.63, 3.8) is 0 Å². The minimum absolute atomic E-state index is 0.0681. The highest BCUT2D eigenvalue weighted by atomic mass is 16.5. The molecule has 0 saturated carbocycles. The fraction of sp³-hybridized carbons (Fsp3) is 0.333. The van der Waals surface area contributed by atoms with Gasteiger partial charge in [-0.3, -0.25) is 0 Å². The first-order chi connectivity index (χ1) is 9.56. The van der Waals surface area contributed by atoms with Crippen molar-refractivity contribution in [3.05, 3.63) is 63.7 Å². The van der Waals surface area contributed by atoms with Crippen LogP contribution in [0.15, 0.2) is 30.3 Å². The molecule has 1 aliphatic rings. The number of benzene rings is 2. The normalized spacial score (nSPS) is 14.8. The van der Waals surface area contributed by atoms with Crippen LogP contribution in [0.25, 0.3) is 0 Å². The van der Waals surface area contributed by atoms with Crippen LogP contribution in [0.5, 0.6) is 5.75 Å². The summed E-state index contributed by atoms with van der Waals surface area (Å²) in [5.41, 5.74) is 14.0. The third kappa shape index (κ3) is 2.20. The number of fused-ring (bicyclic) bond motifs is 1. The van der Waals surface area contributed by atoms with Crippen LogP contribution in [0, 0.1) is 20.8 Å². The monoisotopic (exact) mass is 267 g/mol. The molecule has 0 radical (unpaired) electrons. The van der Waals surface area contributed by atoms with E-state index in [1.807, 2.05) is 0 Å². The molecule has 2 N–H and O–H groups in total. The Hall–Kier alpha value is -1.80. The van der Waals surface area contributed by atoms with Crippen LogP contribution in [-0.2, 0) is 6.42 Å². The number of rotatable bonds is 2. The summed E-state index contributed by atoms with van der Waals surface area (Å²) in [5, 5.41) is 0. The van der Waals surface area contributed by atoms with E-state index in [0.29, 0.717) is 0 Å². The van der Waals surface area contributed by atoms with E-state index in [9.17, 15) is 0 Å². The van der Waals surface area contributed by atoms with E-state index in [-0.39, 0.29) is 6.04 Å². The Morgan fingerprint density at radius 2 is 1.75 bits per heavy atom. The van der Waals surface area contributed by atoms with Crippen molar-refractivity contribution in [1.82, 2.24) is 0 Å². The molecule has 0 fully saturated rings. The van der Waals surface area contributed by atoms with E-state index in [2.05, 4.69) is 51.1 Å². The topological polar surface area (TPSA) is 35.2 Å². The van der Waals surface area contributed by atoms with Crippen molar-refractivity contribution >= 4 is 0 Å². The zero-order valence-corrected chi connectivity index (χ0v) is 12.4. The molecule has 1 unspecified atom stereocenters. The molecule has 104 valence electrons. The largest absolute Gasteiger partial charge is 0.493 e. The maximum absolute atomic E-state index is 6.52. The SMILES string of the molecule is Cc1cc(C)c(C(N)c2ccc3c(c2)CCO3)c(C)c1. The lowest BCUT2D eigenvalue weighted by Crippen LogP contribution is -2.15.